The Morgan fingerprint density at radius 3 is 2.79 bits per heavy atom. The van der Waals surface area contributed by atoms with Crippen LogP contribution in [0.1, 0.15) is 25.1 Å². The van der Waals surface area contributed by atoms with E-state index in [1.165, 1.54) is 42.8 Å². The molecule has 2 heteroatoms. The van der Waals surface area contributed by atoms with Crippen LogP contribution in [0.15, 0.2) is 49.2 Å². The van der Waals surface area contributed by atoms with Crippen molar-refractivity contribution in [2.24, 2.45) is 0 Å². The Morgan fingerprint density at radius 1 is 1.16 bits per heavy atom. The van der Waals surface area contributed by atoms with Crippen LogP contribution in [0.3, 0.4) is 0 Å². The average molecular weight is 253 g/mol. The zero-order valence-electron chi connectivity index (χ0n) is 11.4. The van der Waals surface area contributed by atoms with Crippen LogP contribution in [0, 0.1) is 0 Å². The SMILES string of the molecule is C=CC[n+]1cc(-c2ccccc2)n2c1CCCCC2. The van der Waals surface area contributed by atoms with E-state index in [0.717, 1.165) is 13.1 Å². The number of imidazole rings is 1. The van der Waals surface area contributed by atoms with Crippen LogP contribution >= 0.6 is 0 Å². The summed E-state index contributed by atoms with van der Waals surface area (Å²) in [7, 11) is 0. The van der Waals surface area contributed by atoms with Gasteiger partial charge in [0.15, 0.2) is 5.69 Å². The Labute approximate surface area is 115 Å². The highest BCUT2D eigenvalue weighted by atomic mass is 15.2. The summed E-state index contributed by atoms with van der Waals surface area (Å²) in [6, 6.07) is 10.7. The van der Waals surface area contributed by atoms with E-state index in [1.54, 1.807) is 0 Å². The van der Waals surface area contributed by atoms with E-state index < -0.39 is 0 Å². The number of benzene rings is 1. The quantitative estimate of drug-likeness (QED) is 0.586. The van der Waals surface area contributed by atoms with Gasteiger partial charge in [-0.1, -0.05) is 43.0 Å². The molecule has 3 rings (SSSR count). The van der Waals surface area contributed by atoms with Gasteiger partial charge in [-0.25, -0.2) is 9.13 Å². The standard InChI is InChI=1S/C17H21N2/c1-2-12-18-14-16(15-9-5-3-6-10-15)19-13-8-4-7-11-17(18)19/h2-3,5-6,9-10,14H,1,4,7-8,11-13H2/q+1. The van der Waals surface area contributed by atoms with Crippen molar-refractivity contribution in [2.75, 3.05) is 0 Å². The molecule has 0 fully saturated rings. The molecule has 0 spiro atoms. The molecule has 1 aliphatic rings. The van der Waals surface area contributed by atoms with Crippen molar-refractivity contribution >= 4 is 0 Å². The summed E-state index contributed by atoms with van der Waals surface area (Å²) in [5.41, 5.74) is 2.66. The lowest BCUT2D eigenvalue weighted by Crippen LogP contribution is -2.36. The van der Waals surface area contributed by atoms with Crippen LogP contribution in [0.25, 0.3) is 11.3 Å². The van der Waals surface area contributed by atoms with Crippen LogP contribution in [0.5, 0.6) is 0 Å². The summed E-state index contributed by atoms with van der Waals surface area (Å²) < 4.78 is 4.87. The smallest absolute Gasteiger partial charge is 0.230 e. The van der Waals surface area contributed by atoms with E-state index in [2.05, 4.69) is 52.2 Å². The van der Waals surface area contributed by atoms with Gasteiger partial charge in [0, 0.05) is 12.0 Å². The van der Waals surface area contributed by atoms with E-state index in [9.17, 15) is 0 Å². The van der Waals surface area contributed by atoms with E-state index in [1.807, 2.05) is 6.08 Å². The summed E-state index contributed by atoms with van der Waals surface area (Å²) in [5, 5.41) is 0. The van der Waals surface area contributed by atoms with Crippen molar-refractivity contribution in [2.45, 2.75) is 38.8 Å². The maximum Gasteiger partial charge on any atom is 0.257 e. The van der Waals surface area contributed by atoms with Gasteiger partial charge in [0.05, 0.1) is 6.54 Å². The first-order valence-electron chi connectivity index (χ1n) is 7.18. The lowest BCUT2D eigenvalue weighted by atomic mass is 10.1. The molecule has 0 atom stereocenters. The molecule has 2 heterocycles. The van der Waals surface area contributed by atoms with E-state index in [-0.39, 0.29) is 0 Å². The minimum atomic E-state index is 0.905. The lowest BCUT2D eigenvalue weighted by Gasteiger charge is -2.02. The number of hydrogen-bond donors (Lipinski definition) is 0. The third-order valence-electron chi connectivity index (χ3n) is 3.89. The molecule has 19 heavy (non-hydrogen) atoms. The zero-order valence-corrected chi connectivity index (χ0v) is 11.4. The van der Waals surface area contributed by atoms with Crippen LogP contribution in [0.2, 0.25) is 0 Å². The fraction of sp³-hybridized carbons (Fsp3) is 0.353. The van der Waals surface area contributed by atoms with E-state index >= 15 is 0 Å². The number of nitrogens with zero attached hydrogens (tertiary/aromatic N) is 2. The van der Waals surface area contributed by atoms with Crippen molar-refractivity contribution in [1.29, 1.82) is 0 Å². The minimum absolute atomic E-state index is 0.905. The molecule has 98 valence electrons. The summed E-state index contributed by atoms with van der Waals surface area (Å²) in [5.74, 6) is 1.45. The van der Waals surface area contributed by atoms with Gasteiger partial charge in [-0.3, -0.25) is 0 Å². The van der Waals surface area contributed by atoms with Gasteiger partial charge in [0.25, 0.3) is 5.82 Å². The third-order valence-corrected chi connectivity index (χ3v) is 3.89. The Bertz CT molecular complexity index is 566. The first kappa shape index (κ1) is 12.2. The first-order chi connectivity index (χ1) is 9.40. The van der Waals surface area contributed by atoms with E-state index in [4.69, 9.17) is 0 Å². The van der Waals surface area contributed by atoms with Crippen molar-refractivity contribution < 1.29 is 4.57 Å². The van der Waals surface area contributed by atoms with Crippen molar-refractivity contribution in [3.63, 3.8) is 0 Å². The van der Waals surface area contributed by atoms with Crippen LogP contribution < -0.4 is 4.57 Å². The van der Waals surface area contributed by atoms with Crippen molar-refractivity contribution in [1.82, 2.24) is 4.57 Å². The molecule has 2 nitrogen and oxygen atoms in total. The van der Waals surface area contributed by atoms with E-state index in [0.29, 0.717) is 0 Å². The number of rotatable bonds is 3. The van der Waals surface area contributed by atoms with Crippen molar-refractivity contribution in [3.8, 4) is 11.3 Å². The second kappa shape index (κ2) is 5.43. The fourth-order valence-electron chi connectivity index (χ4n) is 2.98. The Morgan fingerprint density at radius 2 is 2.00 bits per heavy atom. The molecule has 1 aliphatic heterocycles. The van der Waals surface area contributed by atoms with Gasteiger partial charge < -0.3 is 0 Å². The Hall–Kier alpha value is -1.83. The monoisotopic (exact) mass is 253 g/mol. The Kier molecular flexibility index (Phi) is 3.49. The molecule has 1 aromatic carbocycles. The highest BCUT2D eigenvalue weighted by Crippen LogP contribution is 2.23. The normalized spacial score (nSPS) is 14.7. The van der Waals surface area contributed by atoms with Gasteiger partial charge in [-0.2, -0.15) is 0 Å². The van der Waals surface area contributed by atoms with Gasteiger partial charge in [0.1, 0.15) is 12.7 Å². The van der Waals surface area contributed by atoms with Crippen molar-refractivity contribution in [3.05, 3.63) is 55.0 Å². The van der Waals surface area contributed by atoms with Crippen LogP contribution in [0.4, 0.5) is 0 Å². The molecule has 0 saturated carbocycles. The molecule has 1 aromatic heterocycles. The maximum absolute atomic E-state index is 3.88. The molecule has 0 unspecified atom stereocenters. The third kappa shape index (κ3) is 2.35. The fourth-order valence-corrected chi connectivity index (χ4v) is 2.98. The zero-order chi connectivity index (χ0) is 13.1. The molecular formula is C17H21N2+. The second-order valence-corrected chi connectivity index (χ2v) is 5.20. The highest BCUT2D eigenvalue weighted by molar-refractivity contribution is 5.58. The maximum atomic E-state index is 3.88. The molecular weight excluding hydrogens is 232 g/mol. The molecule has 0 N–H and O–H groups in total. The molecule has 0 radical (unpaired) electrons. The Balaban J connectivity index is 2.11. The molecule has 0 aliphatic carbocycles. The molecule has 0 bridgehead atoms. The van der Waals surface area contributed by atoms with Crippen LogP contribution in [-0.2, 0) is 19.5 Å². The first-order valence-corrected chi connectivity index (χ1v) is 7.18. The number of allylic oxidation sites excluding steroid dienone is 1. The topological polar surface area (TPSA) is 8.81 Å². The summed E-state index contributed by atoms with van der Waals surface area (Å²) in [6.07, 6.45) is 9.38. The number of aromatic nitrogens is 2. The summed E-state index contributed by atoms with van der Waals surface area (Å²) in [6.45, 7) is 5.93. The van der Waals surface area contributed by atoms with Gasteiger partial charge >= 0.3 is 0 Å². The van der Waals surface area contributed by atoms with Gasteiger partial charge in [-0.15, -0.1) is 0 Å². The van der Waals surface area contributed by atoms with Crippen LogP contribution in [-0.4, -0.2) is 4.57 Å². The predicted octanol–water partition coefficient (Wildman–Crippen LogP) is 3.36. The minimum Gasteiger partial charge on any atom is -0.230 e. The second-order valence-electron chi connectivity index (χ2n) is 5.20. The molecule has 2 aromatic rings. The average Bonchev–Trinajstić information content (AvgIpc) is 2.64. The largest absolute Gasteiger partial charge is 0.257 e. The summed E-state index contributed by atoms with van der Waals surface area (Å²) in [4.78, 5) is 0. The van der Waals surface area contributed by atoms with Gasteiger partial charge in [-0.05, 0) is 19.3 Å². The summed E-state index contributed by atoms with van der Waals surface area (Å²) >= 11 is 0. The molecule has 0 amide bonds. The highest BCUT2D eigenvalue weighted by Gasteiger charge is 2.24. The molecule has 0 saturated heterocycles. The lowest BCUT2D eigenvalue weighted by molar-refractivity contribution is -0.693. The number of fused-ring (bicyclic) bond motifs is 1. The van der Waals surface area contributed by atoms with Gasteiger partial charge in [0.2, 0.25) is 0 Å². The predicted molar refractivity (Wildman–Crippen MR) is 77.8 cm³/mol. The number of hydrogen-bond acceptors (Lipinski definition) is 0.